The molecule has 0 aromatic heterocycles. The number of nitrogens with zero attached hydrogens (tertiary/aromatic N) is 1. The van der Waals surface area contributed by atoms with E-state index in [1.165, 1.54) is 6.07 Å². The van der Waals surface area contributed by atoms with Gasteiger partial charge in [0, 0.05) is 12.1 Å². The Bertz CT molecular complexity index is 1320. The van der Waals surface area contributed by atoms with E-state index in [-0.39, 0.29) is 23.2 Å². The second kappa shape index (κ2) is 9.66. The Balaban J connectivity index is 1.39. The molecule has 3 aromatic rings. The van der Waals surface area contributed by atoms with Gasteiger partial charge in [-0.2, -0.15) is 0 Å². The van der Waals surface area contributed by atoms with Crippen LogP contribution in [-0.4, -0.2) is 39.2 Å². The van der Waals surface area contributed by atoms with Crippen molar-refractivity contribution in [2.75, 3.05) is 18.4 Å². The smallest absolute Gasteiger partial charge is 0.263 e. The van der Waals surface area contributed by atoms with Gasteiger partial charge >= 0.3 is 0 Å². The second-order valence-corrected chi connectivity index (χ2v) is 9.00. The molecule has 3 N–H and O–H groups in total. The third-order valence-electron chi connectivity index (χ3n) is 5.03. The number of hydrogen-bond acceptors (Lipinski definition) is 5. The standard InChI is InChI=1S/C24H22N4O4S/c29-22(16-26-23-19-11-5-7-13-21(19)33(31,32)28-23)27-20-12-6-4-10-18(20)24(30)25-15-14-17-8-2-1-3-9-17/h1-13H,14-16H2,(H,25,30)(H,26,28)(H,27,29). The number of fused-ring (bicyclic) bond motifs is 1. The number of hydrogen-bond donors (Lipinski definition) is 3. The van der Waals surface area contributed by atoms with E-state index in [9.17, 15) is 18.0 Å². The summed E-state index contributed by atoms with van der Waals surface area (Å²) in [6, 6.07) is 22.9. The van der Waals surface area contributed by atoms with Crippen molar-refractivity contribution in [3.05, 3.63) is 95.6 Å². The number of carbonyl (C=O) groups excluding carboxylic acids is 2. The summed E-state index contributed by atoms with van der Waals surface area (Å²) in [4.78, 5) is 29.4. The summed E-state index contributed by atoms with van der Waals surface area (Å²) in [6.07, 6.45) is 0.690. The Morgan fingerprint density at radius 3 is 2.39 bits per heavy atom. The van der Waals surface area contributed by atoms with Crippen LogP contribution in [0, 0.1) is 0 Å². The number of aliphatic imine (C=N–C) groups is 1. The normalized spacial score (nSPS) is 14.8. The zero-order valence-corrected chi connectivity index (χ0v) is 18.4. The van der Waals surface area contributed by atoms with Gasteiger partial charge in [-0.1, -0.05) is 54.6 Å². The van der Waals surface area contributed by atoms with Crippen LogP contribution in [0.25, 0.3) is 0 Å². The molecule has 0 bridgehead atoms. The molecule has 2 amide bonds. The highest BCUT2D eigenvalue weighted by molar-refractivity contribution is 7.90. The van der Waals surface area contributed by atoms with Crippen LogP contribution >= 0.6 is 0 Å². The molecular weight excluding hydrogens is 440 g/mol. The van der Waals surface area contributed by atoms with Gasteiger partial charge in [-0.15, -0.1) is 0 Å². The van der Waals surface area contributed by atoms with E-state index in [4.69, 9.17) is 0 Å². The molecule has 1 aliphatic heterocycles. The van der Waals surface area contributed by atoms with Crippen LogP contribution in [0.15, 0.2) is 88.8 Å². The lowest BCUT2D eigenvalue weighted by atomic mass is 10.1. The Labute approximate surface area is 191 Å². The van der Waals surface area contributed by atoms with Crippen molar-refractivity contribution in [3.8, 4) is 0 Å². The Hall–Kier alpha value is -3.98. The fourth-order valence-electron chi connectivity index (χ4n) is 3.44. The third-order valence-corrected chi connectivity index (χ3v) is 6.43. The number of benzene rings is 3. The highest BCUT2D eigenvalue weighted by Gasteiger charge is 2.30. The third kappa shape index (κ3) is 5.27. The van der Waals surface area contributed by atoms with Crippen molar-refractivity contribution in [1.82, 2.24) is 10.0 Å². The average molecular weight is 463 g/mol. The van der Waals surface area contributed by atoms with E-state index in [0.29, 0.717) is 29.8 Å². The molecule has 168 valence electrons. The first-order valence-electron chi connectivity index (χ1n) is 10.3. The Morgan fingerprint density at radius 1 is 0.879 bits per heavy atom. The lowest BCUT2D eigenvalue weighted by molar-refractivity contribution is -0.114. The Morgan fingerprint density at radius 2 is 1.58 bits per heavy atom. The van der Waals surface area contributed by atoms with Gasteiger partial charge in [0.15, 0.2) is 0 Å². The van der Waals surface area contributed by atoms with E-state index < -0.39 is 15.9 Å². The molecule has 0 spiro atoms. The van der Waals surface area contributed by atoms with Crippen molar-refractivity contribution in [3.63, 3.8) is 0 Å². The Kier molecular flexibility index (Phi) is 6.50. The van der Waals surface area contributed by atoms with Gasteiger partial charge in [0.2, 0.25) is 5.91 Å². The molecule has 0 unspecified atom stereocenters. The van der Waals surface area contributed by atoms with Crippen molar-refractivity contribution in [2.24, 2.45) is 4.99 Å². The number of rotatable bonds is 7. The molecule has 3 aromatic carbocycles. The number of carbonyl (C=O) groups is 2. The maximum absolute atomic E-state index is 12.6. The summed E-state index contributed by atoms with van der Waals surface area (Å²) < 4.78 is 26.7. The van der Waals surface area contributed by atoms with Crippen molar-refractivity contribution in [1.29, 1.82) is 0 Å². The van der Waals surface area contributed by atoms with Gasteiger partial charge in [-0.05, 0) is 36.2 Å². The average Bonchev–Trinajstić information content (AvgIpc) is 3.09. The number of anilines is 1. The first-order chi connectivity index (χ1) is 15.9. The summed E-state index contributed by atoms with van der Waals surface area (Å²) in [5.74, 6) is -0.658. The van der Waals surface area contributed by atoms with E-state index in [1.54, 1.807) is 42.5 Å². The van der Waals surface area contributed by atoms with Crippen LogP contribution in [0.4, 0.5) is 5.69 Å². The lowest BCUT2D eigenvalue weighted by Crippen LogP contribution is -2.28. The zero-order chi connectivity index (χ0) is 23.3. The predicted molar refractivity (Wildman–Crippen MR) is 126 cm³/mol. The first-order valence-corrected chi connectivity index (χ1v) is 11.8. The number of para-hydroxylation sites is 1. The molecule has 8 nitrogen and oxygen atoms in total. The van der Waals surface area contributed by atoms with E-state index in [1.807, 2.05) is 30.3 Å². The van der Waals surface area contributed by atoms with Crippen molar-refractivity contribution < 1.29 is 18.0 Å². The quantitative estimate of drug-likeness (QED) is 0.500. The van der Waals surface area contributed by atoms with Crippen LogP contribution in [0.1, 0.15) is 21.5 Å². The number of nitrogens with one attached hydrogen (secondary N) is 3. The highest BCUT2D eigenvalue weighted by atomic mass is 32.2. The summed E-state index contributed by atoms with van der Waals surface area (Å²) in [5.41, 5.74) is 2.22. The number of amides is 2. The molecule has 0 radical (unpaired) electrons. The van der Waals surface area contributed by atoms with E-state index >= 15 is 0 Å². The number of sulfonamides is 1. The first kappa shape index (κ1) is 22.2. The van der Waals surface area contributed by atoms with Gasteiger partial charge < -0.3 is 10.6 Å². The molecule has 0 fully saturated rings. The molecule has 0 aliphatic carbocycles. The topological polar surface area (TPSA) is 117 Å². The fraction of sp³-hybridized carbons (Fsp3) is 0.125. The molecule has 1 aliphatic rings. The van der Waals surface area contributed by atoms with Crippen LogP contribution < -0.4 is 15.4 Å². The number of amidine groups is 1. The molecule has 0 atom stereocenters. The van der Waals surface area contributed by atoms with Crippen LogP contribution in [0.2, 0.25) is 0 Å². The molecule has 0 saturated heterocycles. The largest absolute Gasteiger partial charge is 0.352 e. The SMILES string of the molecule is O=C(CN=C1NS(=O)(=O)c2ccccc21)Nc1ccccc1C(=O)NCCc1ccccc1. The molecule has 9 heteroatoms. The minimum absolute atomic E-state index is 0.118. The van der Waals surface area contributed by atoms with Gasteiger partial charge in [0.05, 0.1) is 16.1 Å². The van der Waals surface area contributed by atoms with E-state index in [2.05, 4.69) is 20.3 Å². The maximum Gasteiger partial charge on any atom is 0.263 e. The molecule has 0 saturated carbocycles. The molecular formula is C24H22N4O4S. The molecule has 33 heavy (non-hydrogen) atoms. The summed E-state index contributed by atoms with van der Waals surface area (Å²) in [5, 5.41) is 5.55. The fourth-order valence-corrected chi connectivity index (χ4v) is 4.69. The summed E-state index contributed by atoms with van der Waals surface area (Å²) in [7, 11) is -3.67. The van der Waals surface area contributed by atoms with Gasteiger partial charge in [0.25, 0.3) is 15.9 Å². The molecule has 4 rings (SSSR count). The van der Waals surface area contributed by atoms with Crippen molar-refractivity contribution >= 4 is 33.4 Å². The summed E-state index contributed by atoms with van der Waals surface area (Å²) >= 11 is 0. The monoisotopic (exact) mass is 462 g/mol. The minimum atomic E-state index is -3.67. The molecule has 1 heterocycles. The van der Waals surface area contributed by atoms with Gasteiger partial charge in [-0.3, -0.25) is 19.3 Å². The second-order valence-electron chi connectivity index (χ2n) is 7.35. The van der Waals surface area contributed by atoms with Gasteiger partial charge in [-0.25, -0.2) is 8.42 Å². The highest BCUT2D eigenvalue weighted by Crippen LogP contribution is 2.22. The van der Waals surface area contributed by atoms with Crippen molar-refractivity contribution in [2.45, 2.75) is 11.3 Å². The van der Waals surface area contributed by atoms with Gasteiger partial charge in [0.1, 0.15) is 12.4 Å². The van der Waals surface area contributed by atoms with E-state index in [0.717, 1.165) is 5.56 Å². The van der Waals surface area contributed by atoms with Crippen LogP contribution in [-0.2, 0) is 21.2 Å². The van der Waals surface area contributed by atoms with Crippen LogP contribution in [0.5, 0.6) is 0 Å². The lowest BCUT2D eigenvalue weighted by Gasteiger charge is -2.11. The van der Waals surface area contributed by atoms with Crippen LogP contribution in [0.3, 0.4) is 0 Å². The minimum Gasteiger partial charge on any atom is -0.352 e. The summed E-state index contributed by atoms with van der Waals surface area (Å²) in [6.45, 7) is 0.147. The zero-order valence-electron chi connectivity index (χ0n) is 17.6. The predicted octanol–water partition coefficient (Wildman–Crippen LogP) is 2.34. The maximum atomic E-state index is 12.6.